The molecule has 2 heterocycles. The zero-order chi connectivity index (χ0) is 16.8. The van der Waals surface area contributed by atoms with Crippen LogP contribution in [0.5, 0.6) is 0 Å². The highest BCUT2D eigenvalue weighted by Crippen LogP contribution is 2.16. The maximum atomic E-state index is 12.0. The van der Waals surface area contributed by atoms with Gasteiger partial charge in [0.1, 0.15) is 0 Å². The van der Waals surface area contributed by atoms with Crippen LogP contribution in [0.15, 0.2) is 54.3 Å². The number of amides is 2. The van der Waals surface area contributed by atoms with Gasteiger partial charge in [0.2, 0.25) is 0 Å². The van der Waals surface area contributed by atoms with Crippen LogP contribution in [0.3, 0.4) is 0 Å². The smallest absolute Gasteiger partial charge is 0.319 e. The molecule has 0 saturated heterocycles. The van der Waals surface area contributed by atoms with Gasteiger partial charge < -0.3 is 10.6 Å². The maximum absolute atomic E-state index is 12.0. The minimum atomic E-state index is -0.210. The second-order valence-corrected chi connectivity index (χ2v) is 6.43. The number of rotatable bonds is 6. The molecule has 0 aliphatic rings. The molecule has 6 nitrogen and oxygen atoms in total. The van der Waals surface area contributed by atoms with E-state index < -0.39 is 0 Å². The van der Waals surface area contributed by atoms with Crippen LogP contribution >= 0.6 is 11.3 Å². The highest BCUT2D eigenvalue weighted by Gasteiger charge is 2.10. The van der Waals surface area contributed by atoms with Gasteiger partial charge in [-0.2, -0.15) is 5.10 Å². The first-order valence-corrected chi connectivity index (χ1v) is 8.59. The van der Waals surface area contributed by atoms with Gasteiger partial charge in [0, 0.05) is 42.1 Å². The van der Waals surface area contributed by atoms with Gasteiger partial charge in [0.05, 0.1) is 11.6 Å². The summed E-state index contributed by atoms with van der Waals surface area (Å²) in [5.41, 5.74) is 1.89. The summed E-state index contributed by atoms with van der Waals surface area (Å²) in [7, 11) is 0. The van der Waals surface area contributed by atoms with E-state index in [2.05, 4.69) is 20.7 Å². The predicted octanol–water partition coefficient (Wildman–Crippen LogP) is 3.31. The standard InChI is InChI=1S/C17H19N5OS/c1-13(16-18-8-10-24-16)11-19-17(23)21-15-5-3-14(4-6-15)12-22-9-2-7-20-22/h2-10,13H,11-12H2,1H3,(H2,19,21,23)/t13-/m1/s1. The minimum Gasteiger partial charge on any atom is -0.337 e. The van der Waals surface area contributed by atoms with Gasteiger partial charge in [0.25, 0.3) is 0 Å². The second-order valence-electron chi connectivity index (χ2n) is 5.51. The highest BCUT2D eigenvalue weighted by atomic mass is 32.1. The molecule has 0 fully saturated rings. The third-order valence-electron chi connectivity index (χ3n) is 3.56. The molecule has 0 bridgehead atoms. The summed E-state index contributed by atoms with van der Waals surface area (Å²) in [6.45, 7) is 3.31. The fraction of sp³-hybridized carbons (Fsp3) is 0.235. The molecule has 0 aliphatic heterocycles. The van der Waals surface area contributed by atoms with Gasteiger partial charge in [-0.25, -0.2) is 9.78 Å². The molecule has 0 unspecified atom stereocenters. The van der Waals surface area contributed by atoms with Crippen LogP contribution < -0.4 is 10.6 Å². The molecule has 3 rings (SSSR count). The molecule has 3 aromatic rings. The fourth-order valence-electron chi connectivity index (χ4n) is 2.26. The molecular formula is C17H19N5OS. The molecule has 0 saturated carbocycles. The lowest BCUT2D eigenvalue weighted by Crippen LogP contribution is -2.31. The van der Waals surface area contributed by atoms with Crippen molar-refractivity contribution < 1.29 is 4.79 Å². The van der Waals surface area contributed by atoms with Crippen molar-refractivity contribution in [2.45, 2.75) is 19.4 Å². The van der Waals surface area contributed by atoms with Crippen LogP contribution in [0, 0.1) is 0 Å². The molecule has 1 aromatic carbocycles. The lowest BCUT2D eigenvalue weighted by atomic mass is 10.2. The summed E-state index contributed by atoms with van der Waals surface area (Å²) < 4.78 is 1.86. The van der Waals surface area contributed by atoms with Crippen molar-refractivity contribution in [3.63, 3.8) is 0 Å². The Morgan fingerprint density at radius 2 is 2.12 bits per heavy atom. The summed E-state index contributed by atoms with van der Waals surface area (Å²) in [5.74, 6) is 0.201. The van der Waals surface area contributed by atoms with Crippen LogP contribution in [-0.2, 0) is 6.54 Å². The van der Waals surface area contributed by atoms with E-state index in [4.69, 9.17) is 0 Å². The minimum absolute atomic E-state index is 0.201. The Morgan fingerprint density at radius 1 is 1.29 bits per heavy atom. The van der Waals surface area contributed by atoms with Crippen molar-refractivity contribution in [1.29, 1.82) is 0 Å². The van der Waals surface area contributed by atoms with Crippen LogP contribution in [0.2, 0.25) is 0 Å². The van der Waals surface area contributed by atoms with Crippen LogP contribution in [0.4, 0.5) is 10.5 Å². The number of benzene rings is 1. The van der Waals surface area contributed by atoms with Gasteiger partial charge in [-0.1, -0.05) is 19.1 Å². The summed E-state index contributed by atoms with van der Waals surface area (Å²) in [6, 6.07) is 9.43. The number of urea groups is 1. The number of aromatic nitrogens is 3. The fourth-order valence-corrected chi connectivity index (χ4v) is 2.96. The number of nitrogens with one attached hydrogen (secondary N) is 2. The van der Waals surface area contributed by atoms with E-state index in [1.54, 1.807) is 23.7 Å². The number of nitrogens with zero attached hydrogens (tertiary/aromatic N) is 3. The highest BCUT2D eigenvalue weighted by molar-refractivity contribution is 7.09. The van der Waals surface area contributed by atoms with Crippen molar-refractivity contribution in [2.24, 2.45) is 0 Å². The number of thiazole rings is 1. The van der Waals surface area contributed by atoms with Gasteiger partial charge in [0.15, 0.2) is 0 Å². The Balaban J connectivity index is 1.47. The zero-order valence-corrected chi connectivity index (χ0v) is 14.2. The van der Waals surface area contributed by atoms with Gasteiger partial charge >= 0.3 is 6.03 Å². The molecule has 2 amide bonds. The Hall–Kier alpha value is -2.67. The number of carbonyl (C=O) groups excluding carboxylic acids is 1. The van der Waals surface area contributed by atoms with Crippen molar-refractivity contribution in [3.05, 3.63) is 64.9 Å². The summed E-state index contributed by atoms with van der Waals surface area (Å²) in [5, 5.41) is 12.9. The summed E-state index contributed by atoms with van der Waals surface area (Å²) >= 11 is 1.60. The molecule has 1 atom stereocenters. The molecule has 124 valence electrons. The topological polar surface area (TPSA) is 71.8 Å². The third-order valence-corrected chi connectivity index (χ3v) is 4.56. The van der Waals surface area contributed by atoms with Crippen LogP contribution in [-0.4, -0.2) is 27.3 Å². The van der Waals surface area contributed by atoms with E-state index in [9.17, 15) is 4.79 Å². The third kappa shape index (κ3) is 4.42. The predicted molar refractivity (Wildman–Crippen MR) is 95.3 cm³/mol. The van der Waals surface area contributed by atoms with E-state index in [1.165, 1.54) is 0 Å². The molecule has 7 heteroatoms. The molecular weight excluding hydrogens is 322 g/mol. The van der Waals surface area contributed by atoms with E-state index in [0.717, 1.165) is 16.3 Å². The van der Waals surface area contributed by atoms with E-state index >= 15 is 0 Å². The Kier molecular flexibility index (Phi) is 5.22. The second kappa shape index (κ2) is 7.74. The Morgan fingerprint density at radius 3 is 2.79 bits per heavy atom. The molecule has 0 spiro atoms. The van der Waals surface area contributed by atoms with E-state index in [0.29, 0.717) is 13.1 Å². The molecule has 24 heavy (non-hydrogen) atoms. The quantitative estimate of drug-likeness (QED) is 0.722. The first-order valence-electron chi connectivity index (χ1n) is 7.71. The molecule has 2 N–H and O–H groups in total. The van der Waals surface area contributed by atoms with Gasteiger partial charge in [-0.15, -0.1) is 11.3 Å². The SMILES string of the molecule is C[C@H](CNC(=O)Nc1ccc(Cn2cccn2)cc1)c1nccs1. The molecule has 0 radical (unpaired) electrons. The largest absolute Gasteiger partial charge is 0.337 e. The molecule has 0 aliphatic carbocycles. The zero-order valence-electron chi connectivity index (χ0n) is 13.3. The van der Waals surface area contributed by atoms with Crippen molar-refractivity contribution in [3.8, 4) is 0 Å². The van der Waals surface area contributed by atoms with Gasteiger partial charge in [-0.05, 0) is 23.8 Å². The normalized spacial score (nSPS) is 11.9. The first-order chi connectivity index (χ1) is 11.7. The summed E-state index contributed by atoms with van der Waals surface area (Å²) in [6.07, 6.45) is 5.46. The van der Waals surface area contributed by atoms with Crippen LogP contribution in [0.1, 0.15) is 23.4 Å². The van der Waals surface area contributed by atoms with E-state index in [-0.39, 0.29) is 11.9 Å². The lowest BCUT2D eigenvalue weighted by Gasteiger charge is -2.11. The van der Waals surface area contributed by atoms with Crippen molar-refractivity contribution >= 4 is 23.1 Å². The lowest BCUT2D eigenvalue weighted by molar-refractivity contribution is 0.251. The first kappa shape index (κ1) is 16.2. The Labute approximate surface area is 144 Å². The van der Waals surface area contributed by atoms with Crippen molar-refractivity contribution in [2.75, 3.05) is 11.9 Å². The van der Waals surface area contributed by atoms with E-state index in [1.807, 2.05) is 53.5 Å². The average molecular weight is 341 g/mol. The number of carbonyl (C=O) groups is 1. The number of hydrogen-bond acceptors (Lipinski definition) is 4. The van der Waals surface area contributed by atoms with Crippen molar-refractivity contribution in [1.82, 2.24) is 20.1 Å². The Bertz CT molecular complexity index is 753. The van der Waals surface area contributed by atoms with Crippen LogP contribution in [0.25, 0.3) is 0 Å². The monoisotopic (exact) mass is 341 g/mol. The average Bonchev–Trinajstić information content (AvgIpc) is 3.28. The number of hydrogen-bond donors (Lipinski definition) is 2. The summed E-state index contributed by atoms with van der Waals surface area (Å²) in [4.78, 5) is 16.2. The maximum Gasteiger partial charge on any atom is 0.319 e. The van der Waals surface area contributed by atoms with Gasteiger partial charge in [-0.3, -0.25) is 4.68 Å². The molecule has 2 aromatic heterocycles. The number of anilines is 1.